The molecule has 17 heavy (non-hydrogen) atoms. The zero-order valence-electron chi connectivity index (χ0n) is 10.6. The van der Waals surface area contributed by atoms with Crippen LogP contribution in [0, 0.1) is 5.41 Å². The maximum Gasteiger partial charge on any atom is 0.0634 e. The monoisotopic (exact) mass is 274 g/mol. The molecule has 0 aliphatic heterocycles. The molecule has 1 N–H and O–H groups in total. The second-order valence-corrected chi connectivity index (χ2v) is 6.03. The molecule has 0 aliphatic carbocycles. The molecule has 96 valence electrons. The van der Waals surface area contributed by atoms with E-state index < -0.39 is 0 Å². The van der Waals surface area contributed by atoms with Crippen LogP contribution in [-0.4, -0.2) is 16.9 Å². The minimum atomic E-state index is 0.189. The Kier molecular flexibility index (Phi) is 5.71. The van der Waals surface area contributed by atoms with Gasteiger partial charge in [0.05, 0.1) is 5.02 Å². The largest absolute Gasteiger partial charge is 0.309 e. The molecule has 0 aliphatic rings. The van der Waals surface area contributed by atoms with Crippen molar-refractivity contribution in [1.82, 2.24) is 10.3 Å². The first-order valence-corrected chi connectivity index (χ1v) is 6.74. The van der Waals surface area contributed by atoms with Gasteiger partial charge in [-0.05, 0) is 23.5 Å². The number of hydrogen-bond acceptors (Lipinski definition) is 2. The number of hydrogen-bond donors (Lipinski definition) is 1. The first-order chi connectivity index (χ1) is 7.95. The molecule has 0 bridgehead atoms. The van der Waals surface area contributed by atoms with Crippen LogP contribution in [0.5, 0.6) is 0 Å². The van der Waals surface area contributed by atoms with Crippen molar-refractivity contribution < 1.29 is 0 Å². The maximum atomic E-state index is 6.07. The minimum Gasteiger partial charge on any atom is -0.309 e. The average molecular weight is 275 g/mol. The van der Waals surface area contributed by atoms with Crippen LogP contribution in [0.1, 0.15) is 32.8 Å². The maximum absolute atomic E-state index is 6.07. The number of nitrogens with zero attached hydrogens (tertiary/aromatic N) is 1. The van der Waals surface area contributed by atoms with Crippen LogP contribution < -0.4 is 5.32 Å². The van der Waals surface area contributed by atoms with Crippen molar-refractivity contribution in [2.45, 2.75) is 39.8 Å². The number of aromatic nitrogens is 1. The molecule has 0 aromatic carbocycles. The molecule has 0 saturated heterocycles. The van der Waals surface area contributed by atoms with E-state index >= 15 is 0 Å². The molecule has 4 heteroatoms. The van der Waals surface area contributed by atoms with Crippen molar-refractivity contribution in [3.05, 3.63) is 29.0 Å². The van der Waals surface area contributed by atoms with Gasteiger partial charge in [-0.3, -0.25) is 4.98 Å². The Hall–Kier alpha value is -0.310. The van der Waals surface area contributed by atoms with Gasteiger partial charge in [0, 0.05) is 30.9 Å². The van der Waals surface area contributed by atoms with Crippen molar-refractivity contribution in [3.8, 4) is 0 Å². The van der Waals surface area contributed by atoms with Crippen molar-refractivity contribution in [1.29, 1.82) is 0 Å². The highest BCUT2D eigenvalue weighted by atomic mass is 35.5. The van der Waals surface area contributed by atoms with Gasteiger partial charge in [0.25, 0.3) is 0 Å². The lowest BCUT2D eigenvalue weighted by molar-refractivity contribution is 0.260. The van der Waals surface area contributed by atoms with Gasteiger partial charge in [0.15, 0.2) is 0 Å². The van der Waals surface area contributed by atoms with E-state index in [1.165, 1.54) is 0 Å². The first kappa shape index (κ1) is 14.7. The highest BCUT2D eigenvalue weighted by molar-refractivity contribution is 6.31. The number of halogens is 2. The molecule has 1 heterocycles. The average Bonchev–Trinajstić information content (AvgIpc) is 2.24. The molecule has 0 saturated carbocycles. The topological polar surface area (TPSA) is 24.9 Å². The third-order valence-corrected chi connectivity index (χ3v) is 3.40. The molecule has 0 spiro atoms. The van der Waals surface area contributed by atoms with Gasteiger partial charge in [-0.15, -0.1) is 11.6 Å². The summed E-state index contributed by atoms with van der Waals surface area (Å²) < 4.78 is 0. The van der Waals surface area contributed by atoms with Crippen LogP contribution in [0.3, 0.4) is 0 Å². The lowest BCUT2D eigenvalue weighted by Crippen LogP contribution is -2.40. The second kappa shape index (κ2) is 6.58. The number of nitrogens with one attached hydrogen (secondary N) is 1. The SMILES string of the molecule is CC(C)(C)C(CCCl)NCc1ccncc1Cl. The number of alkyl halides is 1. The van der Waals surface area contributed by atoms with E-state index in [2.05, 4.69) is 31.1 Å². The summed E-state index contributed by atoms with van der Waals surface area (Å²) in [5, 5.41) is 4.23. The zero-order chi connectivity index (χ0) is 12.9. The van der Waals surface area contributed by atoms with Crippen LogP contribution in [0.25, 0.3) is 0 Å². The quantitative estimate of drug-likeness (QED) is 0.825. The third kappa shape index (κ3) is 4.82. The van der Waals surface area contributed by atoms with E-state index in [0.29, 0.717) is 16.9 Å². The Bertz CT molecular complexity index is 348. The van der Waals surface area contributed by atoms with Gasteiger partial charge in [-0.2, -0.15) is 0 Å². The smallest absolute Gasteiger partial charge is 0.0634 e. The zero-order valence-corrected chi connectivity index (χ0v) is 12.1. The van der Waals surface area contributed by atoms with Gasteiger partial charge in [0.2, 0.25) is 0 Å². The Morgan fingerprint density at radius 3 is 2.65 bits per heavy atom. The van der Waals surface area contributed by atoms with E-state index in [1.54, 1.807) is 12.4 Å². The lowest BCUT2D eigenvalue weighted by Gasteiger charge is -2.31. The normalized spacial score (nSPS) is 13.7. The first-order valence-electron chi connectivity index (χ1n) is 5.83. The summed E-state index contributed by atoms with van der Waals surface area (Å²) in [6.07, 6.45) is 4.39. The molecule has 1 atom stereocenters. The highest BCUT2D eigenvalue weighted by Gasteiger charge is 2.23. The number of pyridine rings is 1. The molecule has 1 aromatic rings. The highest BCUT2D eigenvalue weighted by Crippen LogP contribution is 2.23. The lowest BCUT2D eigenvalue weighted by atomic mass is 9.85. The van der Waals surface area contributed by atoms with Gasteiger partial charge in [-0.1, -0.05) is 32.4 Å². The summed E-state index contributed by atoms with van der Waals surface area (Å²) in [6.45, 7) is 7.39. The van der Waals surface area contributed by atoms with Crippen molar-refractivity contribution in [3.63, 3.8) is 0 Å². The van der Waals surface area contributed by atoms with Gasteiger partial charge in [-0.25, -0.2) is 0 Å². The van der Waals surface area contributed by atoms with Crippen molar-refractivity contribution >= 4 is 23.2 Å². The van der Waals surface area contributed by atoms with E-state index in [1.807, 2.05) is 6.07 Å². The summed E-state index contributed by atoms with van der Waals surface area (Å²) in [4.78, 5) is 3.98. The molecule has 0 amide bonds. The van der Waals surface area contributed by atoms with E-state index in [0.717, 1.165) is 18.5 Å². The van der Waals surface area contributed by atoms with E-state index in [-0.39, 0.29) is 5.41 Å². The van der Waals surface area contributed by atoms with E-state index in [9.17, 15) is 0 Å². The predicted molar refractivity (Wildman–Crippen MR) is 74.7 cm³/mol. The van der Waals surface area contributed by atoms with Gasteiger partial charge in [0.1, 0.15) is 0 Å². The Morgan fingerprint density at radius 2 is 2.12 bits per heavy atom. The van der Waals surface area contributed by atoms with Crippen LogP contribution in [-0.2, 0) is 6.54 Å². The fraction of sp³-hybridized carbons (Fsp3) is 0.615. The Labute approximate surface area is 114 Å². The number of rotatable bonds is 5. The fourth-order valence-corrected chi connectivity index (χ4v) is 2.14. The summed E-state index contributed by atoms with van der Waals surface area (Å²) >= 11 is 11.9. The molecular weight excluding hydrogens is 255 g/mol. The van der Waals surface area contributed by atoms with Gasteiger partial charge >= 0.3 is 0 Å². The van der Waals surface area contributed by atoms with Crippen LogP contribution >= 0.6 is 23.2 Å². The molecule has 1 rings (SSSR count). The van der Waals surface area contributed by atoms with Crippen LogP contribution in [0.2, 0.25) is 5.02 Å². The molecular formula is C13H20Cl2N2. The van der Waals surface area contributed by atoms with E-state index in [4.69, 9.17) is 23.2 Å². The third-order valence-electron chi connectivity index (χ3n) is 2.84. The Morgan fingerprint density at radius 1 is 1.41 bits per heavy atom. The molecule has 2 nitrogen and oxygen atoms in total. The van der Waals surface area contributed by atoms with Gasteiger partial charge < -0.3 is 5.32 Å². The van der Waals surface area contributed by atoms with Crippen molar-refractivity contribution in [2.75, 3.05) is 5.88 Å². The standard InChI is InChI=1S/C13H20Cl2N2/c1-13(2,3)12(4-6-14)17-8-10-5-7-16-9-11(10)15/h5,7,9,12,17H,4,6,8H2,1-3H3. The summed E-state index contributed by atoms with van der Waals surface area (Å²) in [6, 6.07) is 2.32. The van der Waals surface area contributed by atoms with Crippen LogP contribution in [0.15, 0.2) is 18.5 Å². The summed E-state index contributed by atoms with van der Waals surface area (Å²) in [7, 11) is 0. The van der Waals surface area contributed by atoms with Crippen LogP contribution in [0.4, 0.5) is 0 Å². The Balaban J connectivity index is 2.61. The fourth-order valence-electron chi connectivity index (χ4n) is 1.73. The molecule has 1 unspecified atom stereocenters. The minimum absolute atomic E-state index is 0.189. The second-order valence-electron chi connectivity index (χ2n) is 5.24. The predicted octanol–water partition coefficient (Wildman–Crippen LogP) is 3.87. The van der Waals surface area contributed by atoms with Crippen molar-refractivity contribution in [2.24, 2.45) is 5.41 Å². The summed E-state index contributed by atoms with van der Waals surface area (Å²) in [5.41, 5.74) is 1.26. The molecule has 0 fully saturated rings. The molecule has 1 aromatic heterocycles. The molecule has 0 radical (unpaired) electrons. The summed E-state index contributed by atoms with van der Waals surface area (Å²) in [5.74, 6) is 0.666.